The van der Waals surface area contributed by atoms with Crippen LogP contribution in [0.4, 0.5) is 14.6 Å². The summed E-state index contributed by atoms with van der Waals surface area (Å²) in [6, 6.07) is 2.02. The Labute approximate surface area is 140 Å². The molecule has 2 aliphatic rings. The molecule has 24 heavy (non-hydrogen) atoms. The second kappa shape index (κ2) is 7.40. The fourth-order valence-corrected chi connectivity index (χ4v) is 3.15. The smallest absolute Gasteiger partial charge is 0.255 e. The van der Waals surface area contributed by atoms with Gasteiger partial charge in [0.2, 0.25) is 5.91 Å². The van der Waals surface area contributed by atoms with Crippen LogP contribution in [0.25, 0.3) is 0 Å². The van der Waals surface area contributed by atoms with Crippen LogP contribution in [0.15, 0.2) is 6.07 Å². The minimum Gasteiger partial charge on any atom is -0.356 e. The van der Waals surface area contributed by atoms with Crippen LogP contribution in [0.2, 0.25) is 0 Å². The van der Waals surface area contributed by atoms with Gasteiger partial charge in [0.05, 0.1) is 6.54 Å². The van der Waals surface area contributed by atoms with Crippen molar-refractivity contribution in [2.75, 3.05) is 24.5 Å². The van der Waals surface area contributed by atoms with Crippen molar-refractivity contribution in [3.63, 3.8) is 0 Å². The minimum atomic E-state index is -2.49. The van der Waals surface area contributed by atoms with E-state index < -0.39 is 13.0 Å². The summed E-state index contributed by atoms with van der Waals surface area (Å²) in [5, 5.41) is 2.28. The fourth-order valence-electron chi connectivity index (χ4n) is 3.15. The van der Waals surface area contributed by atoms with Crippen molar-refractivity contribution < 1.29 is 13.6 Å². The fraction of sp³-hybridized carbons (Fsp3) is 0.706. The molecule has 1 aliphatic carbocycles. The van der Waals surface area contributed by atoms with Crippen LogP contribution in [-0.4, -0.2) is 41.9 Å². The Balaban J connectivity index is 1.51. The zero-order valence-electron chi connectivity index (χ0n) is 14.0. The van der Waals surface area contributed by atoms with Gasteiger partial charge in [-0.05, 0) is 38.5 Å². The number of carbonyl (C=O) groups is 1. The molecule has 5 nitrogen and oxygen atoms in total. The number of nitrogens with one attached hydrogen (secondary N) is 1. The van der Waals surface area contributed by atoms with Crippen LogP contribution in [-0.2, 0) is 4.79 Å². The Kier molecular flexibility index (Phi) is 5.26. The van der Waals surface area contributed by atoms with Gasteiger partial charge in [-0.25, -0.2) is 18.7 Å². The van der Waals surface area contributed by atoms with Crippen LogP contribution < -0.4 is 10.2 Å². The van der Waals surface area contributed by atoms with Gasteiger partial charge >= 0.3 is 0 Å². The van der Waals surface area contributed by atoms with Crippen molar-refractivity contribution in [1.82, 2.24) is 15.3 Å². The molecule has 2 fully saturated rings. The van der Waals surface area contributed by atoms with E-state index in [1.54, 1.807) is 0 Å². The van der Waals surface area contributed by atoms with Gasteiger partial charge in [-0.2, -0.15) is 0 Å². The molecule has 0 bridgehead atoms. The van der Waals surface area contributed by atoms with Gasteiger partial charge in [0.1, 0.15) is 11.6 Å². The lowest BCUT2D eigenvalue weighted by Gasteiger charge is -2.32. The number of carbonyl (C=O) groups excluding carboxylic acids is 1. The van der Waals surface area contributed by atoms with E-state index in [2.05, 4.69) is 15.2 Å². The van der Waals surface area contributed by atoms with Gasteiger partial charge in [0, 0.05) is 37.2 Å². The maximum absolute atomic E-state index is 12.1. The standard InChI is InChI=1S/C17H24F2N4O/c1-11-8-15(22-17(21-11)13-2-3-13)23-6-4-12(5-7-23)9-16(24)20-10-14(18)19/h8,12-14H,2-7,9-10H2,1H3,(H,20,24). The van der Waals surface area contributed by atoms with Gasteiger partial charge in [0.25, 0.3) is 6.43 Å². The van der Waals surface area contributed by atoms with Crippen molar-refractivity contribution in [1.29, 1.82) is 0 Å². The SMILES string of the molecule is Cc1cc(N2CCC(CC(=O)NCC(F)F)CC2)nc(C2CC2)n1. The van der Waals surface area contributed by atoms with E-state index in [4.69, 9.17) is 4.98 Å². The second-order valence-corrected chi connectivity index (χ2v) is 6.83. The molecule has 0 aromatic carbocycles. The number of amides is 1. The monoisotopic (exact) mass is 338 g/mol. The van der Waals surface area contributed by atoms with Crippen molar-refractivity contribution in [2.45, 2.75) is 51.4 Å². The molecule has 1 aromatic heterocycles. The minimum absolute atomic E-state index is 0.254. The number of piperidine rings is 1. The molecule has 7 heteroatoms. The number of hydrogen-bond donors (Lipinski definition) is 1. The third kappa shape index (κ3) is 4.61. The van der Waals surface area contributed by atoms with Crippen molar-refractivity contribution in [3.05, 3.63) is 17.6 Å². The lowest BCUT2D eigenvalue weighted by atomic mass is 9.93. The Hall–Kier alpha value is -1.79. The molecule has 0 spiro atoms. The number of anilines is 1. The van der Waals surface area contributed by atoms with Crippen LogP contribution in [0, 0.1) is 12.8 Å². The van der Waals surface area contributed by atoms with Crippen LogP contribution in [0.3, 0.4) is 0 Å². The van der Waals surface area contributed by atoms with E-state index in [0.717, 1.165) is 43.3 Å². The molecule has 1 N–H and O–H groups in total. The molecule has 1 aromatic rings. The van der Waals surface area contributed by atoms with Crippen LogP contribution >= 0.6 is 0 Å². The number of hydrogen-bond acceptors (Lipinski definition) is 4. The summed E-state index contributed by atoms with van der Waals surface area (Å²) in [6.45, 7) is 3.12. The summed E-state index contributed by atoms with van der Waals surface area (Å²) >= 11 is 0. The summed E-state index contributed by atoms with van der Waals surface area (Å²) in [6.07, 6.45) is 1.96. The molecule has 1 saturated carbocycles. The highest BCUT2D eigenvalue weighted by atomic mass is 19.3. The third-order valence-corrected chi connectivity index (χ3v) is 4.67. The first-order valence-corrected chi connectivity index (χ1v) is 8.66. The first-order valence-electron chi connectivity index (χ1n) is 8.66. The topological polar surface area (TPSA) is 58.1 Å². The maximum atomic E-state index is 12.1. The molecular formula is C17H24F2N4O. The molecule has 1 saturated heterocycles. The predicted octanol–water partition coefficient (Wildman–Crippen LogP) is 2.65. The third-order valence-electron chi connectivity index (χ3n) is 4.67. The largest absolute Gasteiger partial charge is 0.356 e. The Morgan fingerprint density at radius 3 is 2.62 bits per heavy atom. The average molecular weight is 338 g/mol. The number of alkyl halides is 2. The van der Waals surface area contributed by atoms with Gasteiger partial charge < -0.3 is 10.2 Å². The zero-order chi connectivity index (χ0) is 17.1. The highest BCUT2D eigenvalue weighted by Gasteiger charge is 2.28. The highest BCUT2D eigenvalue weighted by Crippen LogP contribution is 2.38. The molecule has 1 amide bonds. The second-order valence-electron chi connectivity index (χ2n) is 6.83. The summed E-state index contributed by atoms with van der Waals surface area (Å²) in [5.41, 5.74) is 0.996. The first-order chi connectivity index (χ1) is 11.5. The number of aromatic nitrogens is 2. The van der Waals surface area contributed by atoms with E-state index in [9.17, 15) is 13.6 Å². The van der Waals surface area contributed by atoms with Crippen molar-refractivity contribution >= 4 is 11.7 Å². The number of aryl methyl sites for hydroxylation is 1. The predicted molar refractivity (Wildman–Crippen MR) is 87.3 cm³/mol. The highest BCUT2D eigenvalue weighted by molar-refractivity contribution is 5.76. The summed E-state index contributed by atoms with van der Waals surface area (Å²) < 4.78 is 24.2. The van der Waals surface area contributed by atoms with E-state index >= 15 is 0 Å². The number of rotatable bonds is 6. The summed E-state index contributed by atoms with van der Waals surface area (Å²) in [4.78, 5) is 23.1. The normalized spacial score (nSPS) is 18.9. The Bertz CT molecular complexity index is 584. The van der Waals surface area contributed by atoms with Crippen molar-refractivity contribution in [3.8, 4) is 0 Å². The van der Waals surface area contributed by atoms with Crippen LogP contribution in [0.5, 0.6) is 0 Å². The average Bonchev–Trinajstić information content (AvgIpc) is 3.38. The molecule has 1 aliphatic heterocycles. The number of halogens is 2. The molecule has 132 valence electrons. The zero-order valence-corrected chi connectivity index (χ0v) is 14.0. The molecule has 3 rings (SSSR count). The number of nitrogens with zero attached hydrogens (tertiary/aromatic N) is 3. The lowest BCUT2D eigenvalue weighted by Crippen LogP contribution is -2.37. The lowest BCUT2D eigenvalue weighted by molar-refractivity contribution is -0.122. The summed E-state index contributed by atoms with van der Waals surface area (Å²) in [5.74, 6) is 2.44. The first kappa shape index (κ1) is 17.0. The quantitative estimate of drug-likeness (QED) is 0.866. The van der Waals surface area contributed by atoms with E-state index in [1.807, 2.05) is 13.0 Å². The van der Waals surface area contributed by atoms with E-state index in [0.29, 0.717) is 12.3 Å². The Morgan fingerprint density at radius 2 is 2.00 bits per heavy atom. The summed E-state index contributed by atoms with van der Waals surface area (Å²) in [7, 11) is 0. The van der Waals surface area contributed by atoms with Crippen LogP contribution in [0.1, 0.15) is 49.5 Å². The molecule has 0 unspecified atom stereocenters. The molecular weight excluding hydrogens is 314 g/mol. The maximum Gasteiger partial charge on any atom is 0.255 e. The van der Waals surface area contributed by atoms with Gasteiger partial charge in [0.15, 0.2) is 0 Å². The van der Waals surface area contributed by atoms with Gasteiger partial charge in [-0.3, -0.25) is 4.79 Å². The molecule has 0 atom stereocenters. The van der Waals surface area contributed by atoms with Gasteiger partial charge in [-0.15, -0.1) is 0 Å². The van der Waals surface area contributed by atoms with E-state index in [1.165, 1.54) is 12.8 Å². The molecule has 2 heterocycles. The van der Waals surface area contributed by atoms with E-state index in [-0.39, 0.29) is 11.8 Å². The van der Waals surface area contributed by atoms with Crippen molar-refractivity contribution in [2.24, 2.45) is 5.92 Å². The molecule has 0 radical (unpaired) electrons. The van der Waals surface area contributed by atoms with Gasteiger partial charge in [-0.1, -0.05) is 0 Å². The Morgan fingerprint density at radius 1 is 1.29 bits per heavy atom.